The van der Waals surface area contributed by atoms with Gasteiger partial charge in [-0.3, -0.25) is 4.18 Å². The van der Waals surface area contributed by atoms with Crippen LogP contribution < -0.4 is 0 Å². The average molecular weight is 445 g/mol. The van der Waals surface area contributed by atoms with E-state index in [4.69, 9.17) is 27.9 Å². The fourth-order valence-electron chi connectivity index (χ4n) is 3.98. The van der Waals surface area contributed by atoms with Gasteiger partial charge in [-0.05, 0) is 46.8 Å². The van der Waals surface area contributed by atoms with Gasteiger partial charge in [-0.25, -0.2) is 0 Å². The van der Waals surface area contributed by atoms with Crippen LogP contribution in [0.2, 0.25) is 0 Å². The summed E-state index contributed by atoms with van der Waals surface area (Å²) in [6, 6.07) is 6.25. The first-order valence-corrected chi connectivity index (χ1v) is 11.2. The molecule has 3 fully saturated rings. The quantitative estimate of drug-likeness (QED) is 0.675. The van der Waals surface area contributed by atoms with E-state index in [1.165, 1.54) is 12.1 Å². The minimum atomic E-state index is -4.11. The Morgan fingerprint density at radius 2 is 1.70 bits per heavy atom. The van der Waals surface area contributed by atoms with Crippen molar-refractivity contribution in [3.63, 3.8) is 0 Å². The number of ether oxygens (including phenoxy) is 5. The lowest BCUT2D eigenvalue weighted by molar-refractivity contribution is -0.251. The molecule has 10 heteroatoms. The largest absolute Gasteiger partial charge is 0.382 e. The van der Waals surface area contributed by atoms with Gasteiger partial charge in [0.1, 0.15) is 30.5 Å². The van der Waals surface area contributed by atoms with Crippen LogP contribution in [-0.4, -0.2) is 68.5 Å². The zero-order chi connectivity index (χ0) is 21.9. The highest BCUT2D eigenvalue weighted by molar-refractivity contribution is 7.86. The monoisotopic (exact) mass is 444 g/mol. The highest BCUT2D eigenvalue weighted by atomic mass is 32.2. The Bertz CT molecular complexity index is 895. The molecule has 0 unspecified atom stereocenters. The van der Waals surface area contributed by atoms with E-state index in [0.717, 1.165) is 5.56 Å². The van der Waals surface area contributed by atoms with Crippen molar-refractivity contribution in [3.8, 4) is 0 Å². The summed E-state index contributed by atoms with van der Waals surface area (Å²) in [5, 5.41) is 11.6. The summed E-state index contributed by atoms with van der Waals surface area (Å²) in [5.41, 5.74) is -0.926. The first kappa shape index (κ1) is 22.1. The maximum atomic E-state index is 12.7. The Hall–Kier alpha value is -1.11. The minimum Gasteiger partial charge on any atom is -0.382 e. The van der Waals surface area contributed by atoms with E-state index in [9.17, 15) is 13.5 Å². The van der Waals surface area contributed by atoms with Gasteiger partial charge in [0.25, 0.3) is 10.1 Å². The molecule has 1 N–H and O–H groups in total. The molecule has 168 valence electrons. The SMILES string of the molecule is Cc1ccc(S(=O)(=O)OC[C@@]2(O)[C@@H]([C@H]3COC(C)(C)O3)O[C@@H]3OC(C)(C)O[C@@H]32)cc1. The van der Waals surface area contributed by atoms with Crippen LogP contribution in [0, 0.1) is 6.92 Å². The lowest BCUT2D eigenvalue weighted by atomic mass is 9.90. The Morgan fingerprint density at radius 3 is 2.30 bits per heavy atom. The number of rotatable bonds is 5. The number of hydrogen-bond acceptors (Lipinski definition) is 9. The molecular formula is C20H28O9S. The molecule has 0 aliphatic carbocycles. The fraction of sp³-hybridized carbons (Fsp3) is 0.700. The summed E-state index contributed by atoms with van der Waals surface area (Å²) in [5.74, 6) is -1.86. The van der Waals surface area contributed by atoms with Crippen LogP contribution in [0.4, 0.5) is 0 Å². The van der Waals surface area contributed by atoms with Crippen molar-refractivity contribution in [1.29, 1.82) is 0 Å². The molecule has 0 spiro atoms. The van der Waals surface area contributed by atoms with Gasteiger partial charge >= 0.3 is 0 Å². The summed E-state index contributed by atoms with van der Waals surface area (Å²) in [6.45, 7) is 8.29. The highest BCUT2D eigenvalue weighted by Crippen LogP contribution is 2.46. The van der Waals surface area contributed by atoms with Gasteiger partial charge in [0, 0.05) is 0 Å². The van der Waals surface area contributed by atoms with Crippen LogP contribution in [0.5, 0.6) is 0 Å². The van der Waals surface area contributed by atoms with E-state index in [2.05, 4.69) is 0 Å². The van der Waals surface area contributed by atoms with Gasteiger partial charge in [0.2, 0.25) is 0 Å². The number of aryl methyl sites for hydroxylation is 1. The van der Waals surface area contributed by atoms with E-state index in [-0.39, 0.29) is 11.5 Å². The molecule has 0 radical (unpaired) electrons. The van der Waals surface area contributed by atoms with Crippen LogP contribution in [0.25, 0.3) is 0 Å². The van der Waals surface area contributed by atoms with Crippen molar-refractivity contribution >= 4 is 10.1 Å². The third-order valence-corrected chi connectivity index (χ3v) is 6.72. The summed E-state index contributed by atoms with van der Waals surface area (Å²) >= 11 is 0. The van der Waals surface area contributed by atoms with Crippen LogP contribution in [0.1, 0.15) is 33.3 Å². The topological polar surface area (TPSA) is 110 Å². The second kappa shape index (κ2) is 7.21. The summed E-state index contributed by atoms with van der Waals surface area (Å²) in [4.78, 5) is -0.00535. The standard InChI is InChI=1S/C20H28O9S/c1-12-6-8-13(9-7-12)30(22,23)25-11-20(21)15(14-10-24-18(2,3)27-14)26-17-16(20)28-19(4,5)29-17/h6-9,14-17,21H,10-11H2,1-5H3/t14-,15-,16+,17-,20-/m1/s1. The summed E-state index contributed by atoms with van der Waals surface area (Å²) < 4.78 is 59.6. The van der Waals surface area contributed by atoms with Gasteiger partial charge in [-0.2, -0.15) is 8.42 Å². The Kier molecular flexibility index (Phi) is 5.31. The predicted octanol–water partition coefficient (Wildman–Crippen LogP) is 1.46. The van der Waals surface area contributed by atoms with Gasteiger partial charge in [-0.15, -0.1) is 0 Å². The number of fused-ring (bicyclic) bond motifs is 1. The molecule has 0 aromatic heterocycles. The third kappa shape index (κ3) is 4.03. The van der Waals surface area contributed by atoms with Crippen LogP contribution in [0.3, 0.4) is 0 Å². The molecule has 0 amide bonds. The lowest BCUT2D eigenvalue weighted by Crippen LogP contribution is -2.57. The number of hydrogen-bond donors (Lipinski definition) is 1. The van der Waals surface area contributed by atoms with Gasteiger partial charge in [0.05, 0.1) is 11.5 Å². The van der Waals surface area contributed by atoms with Crippen molar-refractivity contribution in [2.24, 2.45) is 0 Å². The van der Waals surface area contributed by atoms with Crippen molar-refractivity contribution < 1.29 is 41.4 Å². The van der Waals surface area contributed by atoms with Crippen molar-refractivity contribution in [2.75, 3.05) is 13.2 Å². The van der Waals surface area contributed by atoms with Crippen LogP contribution in [0.15, 0.2) is 29.2 Å². The molecule has 3 saturated heterocycles. The molecule has 3 aliphatic rings. The summed E-state index contributed by atoms with van der Waals surface area (Å²) in [6.07, 6.45) is -3.48. The molecule has 3 aliphatic heterocycles. The van der Waals surface area contributed by atoms with Crippen molar-refractivity contribution in [3.05, 3.63) is 29.8 Å². The molecule has 9 nitrogen and oxygen atoms in total. The normalized spacial score (nSPS) is 37.4. The Labute approximate surface area is 176 Å². The minimum absolute atomic E-state index is 0.00535. The average Bonchev–Trinajstić information content (AvgIpc) is 3.23. The van der Waals surface area contributed by atoms with Gasteiger partial charge in [-0.1, -0.05) is 17.7 Å². The molecule has 4 rings (SSSR count). The maximum Gasteiger partial charge on any atom is 0.297 e. The van der Waals surface area contributed by atoms with Gasteiger partial charge < -0.3 is 28.8 Å². The zero-order valence-corrected chi connectivity index (χ0v) is 18.5. The lowest BCUT2D eigenvalue weighted by Gasteiger charge is -2.35. The Morgan fingerprint density at radius 1 is 1.03 bits per heavy atom. The van der Waals surface area contributed by atoms with Crippen LogP contribution in [-0.2, 0) is 38.0 Å². The highest BCUT2D eigenvalue weighted by Gasteiger charge is 2.66. The third-order valence-electron chi connectivity index (χ3n) is 5.45. The molecule has 1 aromatic carbocycles. The smallest absolute Gasteiger partial charge is 0.297 e. The van der Waals surface area contributed by atoms with Gasteiger partial charge in [0.15, 0.2) is 17.9 Å². The first-order valence-electron chi connectivity index (χ1n) is 9.83. The summed E-state index contributed by atoms with van der Waals surface area (Å²) in [7, 11) is -4.11. The number of aliphatic hydroxyl groups is 1. The number of benzene rings is 1. The Balaban J connectivity index is 1.58. The van der Waals surface area contributed by atoms with E-state index >= 15 is 0 Å². The van der Waals surface area contributed by atoms with E-state index in [1.807, 2.05) is 6.92 Å². The van der Waals surface area contributed by atoms with E-state index in [1.54, 1.807) is 39.8 Å². The van der Waals surface area contributed by atoms with Crippen molar-refractivity contribution in [1.82, 2.24) is 0 Å². The zero-order valence-electron chi connectivity index (χ0n) is 17.7. The molecule has 1 aromatic rings. The first-order chi connectivity index (χ1) is 13.8. The van der Waals surface area contributed by atoms with Crippen molar-refractivity contribution in [2.45, 2.75) is 81.3 Å². The molecule has 0 saturated carbocycles. The van der Waals surface area contributed by atoms with E-state index < -0.39 is 58.5 Å². The van der Waals surface area contributed by atoms with E-state index in [0.29, 0.717) is 0 Å². The second-order valence-electron chi connectivity index (χ2n) is 8.87. The molecule has 3 heterocycles. The molecule has 5 atom stereocenters. The predicted molar refractivity (Wildman–Crippen MR) is 103 cm³/mol. The molecule has 0 bridgehead atoms. The molecule has 30 heavy (non-hydrogen) atoms. The maximum absolute atomic E-state index is 12.7. The molecular weight excluding hydrogens is 416 g/mol. The van der Waals surface area contributed by atoms with Crippen LogP contribution >= 0.6 is 0 Å². The second-order valence-corrected chi connectivity index (χ2v) is 10.5. The fourth-order valence-corrected chi connectivity index (χ4v) is 4.92.